The van der Waals surface area contributed by atoms with E-state index in [0.717, 1.165) is 25.8 Å². The van der Waals surface area contributed by atoms with Gasteiger partial charge >= 0.3 is 6.18 Å². The fraction of sp³-hybridized carbons (Fsp3) is 0.923. The molecule has 1 aliphatic carbocycles. The van der Waals surface area contributed by atoms with Gasteiger partial charge in [0.05, 0.1) is 5.92 Å². The predicted octanol–water partition coefficient (Wildman–Crippen LogP) is 2.37. The van der Waals surface area contributed by atoms with Crippen LogP contribution in [0.1, 0.15) is 44.9 Å². The molecular weight excluding hydrogens is 257 g/mol. The predicted molar refractivity (Wildman–Crippen MR) is 65.6 cm³/mol. The third kappa shape index (κ3) is 4.09. The fourth-order valence-corrected chi connectivity index (χ4v) is 3.12. The topological polar surface area (TPSA) is 41.1 Å². The summed E-state index contributed by atoms with van der Waals surface area (Å²) < 4.78 is 38.6. The molecule has 0 bridgehead atoms. The molecule has 110 valence electrons. The summed E-state index contributed by atoms with van der Waals surface area (Å²) in [5, 5.41) is 5.79. The van der Waals surface area contributed by atoms with Gasteiger partial charge in [0.15, 0.2) is 0 Å². The minimum Gasteiger partial charge on any atom is -0.353 e. The van der Waals surface area contributed by atoms with Crippen molar-refractivity contribution in [2.75, 3.05) is 6.54 Å². The molecule has 1 saturated heterocycles. The number of carbonyl (C=O) groups is 1. The summed E-state index contributed by atoms with van der Waals surface area (Å²) in [6.07, 6.45) is -0.0114. The van der Waals surface area contributed by atoms with Crippen LogP contribution in [0.4, 0.5) is 13.2 Å². The first-order valence-corrected chi connectivity index (χ1v) is 7.06. The number of nitrogens with one attached hydrogen (secondary N) is 2. The van der Waals surface area contributed by atoms with Crippen LogP contribution in [0.3, 0.4) is 0 Å². The van der Waals surface area contributed by atoms with Crippen molar-refractivity contribution in [2.45, 2.75) is 63.2 Å². The normalized spacial score (nSPS) is 32.3. The molecule has 3 unspecified atom stereocenters. The lowest BCUT2D eigenvalue weighted by molar-refractivity contribution is -0.189. The standard InChI is InChI=1S/C13H21F3N2O/c14-13(15,16)10-5-1-2-6-11(10)18-12(19)8-9-4-3-7-17-9/h9-11,17H,1-8H2,(H,18,19). The summed E-state index contributed by atoms with van der Waals surface area (Å²) in [7, 11) is 0. The highest BCUT2D eigenvalue weighted by atomic mass is 19.4. The Balaban J connectivity index is 1.86. The Kier molecular flexibility index (Phi) is 4.71. The van der Waals surface area contributed by atoms with E-state index in [1.54, 1.807) is 0 Å². The zero-order valence-corrected chi connectivity index (χ0v) is 10.9. The lowest BCUT2D eigenvalue weighted by Gasteiger charge is -2.33. The highest BCUT2D eigenvalue weighted by Gasteiger charge is 2.45. The van der Waals surface area contributed by atoms with E-state index in [-0.39, 0.29) is 18.4 Å². The summed E-state index contributed by atoms with van der Waals surface area (Å²) in [4.78, 5) is 11.8. The van der Waals surface area contributed by atoms with Gasteiger partial charge in [0.2, 0.25) is 5.91 Å². The van der Waals surface area contributed by atoms with Crippen LogP contribution in [0, 0.1) is 5.92 Å². The van der Waals surface area contributed by atoms with Gasteiger partial charge in [-0.3, -0.25) is 4.79 Å². The van der Waals surface area contributed by atoms with E-state index in [1.165, 1.54) is 0 Å². The van der Waals surface area contributed by atoms with Gasteiger partial charge in [-0.2, -0.15) is 13.2 Å². The van der Waals surface area contributed by atoms with Crippen LogP contribution in [0.5, 0.6) is 0 Å². The number of halogens is 3. The Bertz CT molecular complexity index is 314. The Labute approximate surface area is 111 Å². The fourth-order valence-electron chi connectivity index (χ4n) is 3.12. The van der Waals surface area contributed by atoms with Crippen molar-refractivity contribution in [2.24, 2.45) is 5.92 Å². The largest absolute Gasteiger partial charge is 0.393 e. The van der Waals surface area contributed by atoms with Gasteiger partial charge in [0.1, 0.15) is 0 Å². The second kappa shape index (κ2) is 6.11. The van der Waals surface area contributed by atoms with Gasteiger partial charge in [0, 0.05) is 18.5 Å². The summed E-state index contributed by atoms with van der Waals surface area (Å²) in [5.74, 6) is -1.62. The van der Waals surface area contributed by atoms with E-state index in [1.807, 2.05) is 0 Å². The molecule has 19 heavy (non-hydrogen) atoms. The maximum atomic E-state index is 12.9. The molecule has 3 atom stereocenters. The summed E-state index contributed by atoms with van der Waals surface area (Å²) in [6, 6.07) is -0.601. The van der Waals surface area contributed by atoms with Gasteiger partial charge < -0.3 is 10.6 Å². The minimum absolute atomic E-state index is 0.132. The van der Waals surface area contributed by atoms with E-state index < -0.39 is 18.1 Å². The average molecular weight is 278 g/mol. The molecule has 0 aromatic heterocycles. The zero-order chi connectivity index (χ0) is 13.9. The maximum Gasteiger partial charge on any atom is 0.393 e. The highest BCUT2D eigenvalue weighted by Crippen LogP contribution is 2.37. The SMILES string of the molecule is O=C(CC1CCCN1)NC1CCCCC1C(F)(F)F. The Morgan fingerprint density at radius 2 is 1.89 bits per heavy atom. The van der Waals surface area contributed by atoms with Crippen LogP contribution in [0.25, 0.3) is 0 Å². The van der Waals surface area contributed by atoms with Crippen LogP contribution in [0.2, 0.25) is 0 Å². The maximum absolute atomic E-state index is 12.9. The highest BCUT2D eigenvalue weighted by molar-refractivity contribution is 5.77. The van der Waals surface area contributed by atoms with Crippen LogP contribution in [0.15, 0.2) is 0 Å². The molecule has 1 heterocycles. The van der Waals surface area contributed by atoms with E-state index in [9.17, 15) is 18.0 Å². The van der Waals surface area contributed by atoms with E-state index in [2.05, 4.69) is 10.6 Å². The smallest absolute Gasteiger partial charge is 0.353 e. The van der Waals surface area contributed by atoms with Crippen LogP contribution in [-0.2, 0) is 4.79 Å². The third-order valence-electron chi connectivity index (χ3n) is 4.13. The molecular formula is C13H21F3N2O. The summed E-state index contributed by atoms with van der Waals surface area (Å²) >= 11 is 0. The van der Waals surface area contributed by atoms with E-state index in [4.69, 9.17) is 0 Å². The number of alkyl halides is 3. The third-order valence-corrected chi connectivity index (χ3v) is 4.13. The van der Waals surface area contributed by atoms with Crippen molar-refractivity contribution >= 4 is 5.91 Å². The Morgan fingerprint density at radius 1 is 1.16 bits per heavy atom. The first-order valence-electron chi connectivity index (χ1n) is 7.06. The minimum atomic E-state index is -4.20. The van der Waals surface area contributed by atoms with Gasteiger partial charge in [-0.1, -0.05) is 12.8 Å². The van der Waals surface area contributed by atoms with Crippen LogP contribution >= 0.6 is 0 Å². The quantitative estimate of drug-likeness (QED) is 0.832. The zero-order valence-electron chi connectivity index (χ0n) is 10.9. The molecule has 6 heteroatoms. The molecule has 0 spiro atoms. The van der Waals surface area contributed by atoms with Crippen molar-refractivity contribution in [3.05, 3.63) is 0 Å². The monoisotopic (exact) mass is 278 g/mol. The Hall–Kier alpha value is -0.780. The molecule has 1 saturated carbocycles. The first kappa shape index (κ1) is 14.6. The van der Waals surface area contributed by atoms with Gasteiger partial charge in [0.25, 0.3) is 0 Å². The molecule has 0 radical (unpaired) electrons. The molecule has 2 aliphatic rings. The molecule has 1 aliphatic heterocycles. The molecule has 1 amide bonds. The number of amides is 1. The van der Waals surface area contributed by atoms with Crippen LogP contribution < -0.4 is 10.6 Å². The number of rotatable bonds is 3. The van der Waals surface area contributed by atoms with Crippen LogP contribution in [-0.4, -0.2) is 30.7 Å². The first-order chi connectivity index (χ1) is 8.97. The van der Waals surface area contributed by atoms with Crippen molar-refractivity contribution in [3.63, 3.8) is 0 Å². The van der Waals surface area contributed by atoms with Crippen molar-refractivity contribution < 1.29 is 18.0 Å². The summed E-state index contributed by atoms with van der Waals surface area (Å²) in [5.41, 5.74) is 0. The number of carbonyl (C=O) groups excluding carboxylic acids is 1. The van der Waals surface area contributed by atoms with E-state index >= 15 is 0 Å². The lowest BCUT2D eigenvalue weighted by atomic mass is 9.84. The second-order valence-electron chi connectivity index (χ2n) is 5.60. The average Bonchev–Trinajstić information content (AvgIpc) is 2.81. The Morgan fingerprint density at radius 3 is 2.53 bits per heavy atom. The molecule has 2 fully saturated rings. The second-order valence-corrected chi connectivity index (χ2v) is 5.60. The van der Waals surface area contributed by atoms with Crippen molar-refractivity contribution in [1.82, 2.24) is 10.6 Å². The van der Waals surface area contributed by atoms with E-state index in [0.29, 0.717) is 19.3 Å². The van der Waals surface area contributed by atoms with Gasteiger partial charge in [-0.15, -0.1) is 0 Å². The molecule has 0 aromatic rings. The number of hydrogen-bond donors (Lipinski definition) is 2. The summed E-state index contributed by atoms with van der Waals surface area (Å²) in [6.45, 7) is 0.895. The number of hydrogen-bond acceptors (Lipinski definition) is 2. The van der Waals surface area contributed by atoms with Gasteiger partial charge in [-0.25, -0.2) is 0 Å². The molecule has 3 nitrogen and oxygen atoms in total. The molecule has 2 rings (SSSR count). The van der Waals surface area contributed by atoms with Crippen molar-refractivity contribution in [1.29, 1.82) is 0 Å². The van der Waals surface area contributed by atoms with Gasteiger partial charge in [-0.05, 0) is 32.2 Å². The lowest BCUT2D eigenvalue weighted by Crippen LogP contribution is -2.48. The molecule has 0 aromatic carbocycles. The van der Waals surface area contributed by atoms with Crippen molar-refractivity contribution in [3.8, 4) is 0 Å². The molecule has 2 N–H and O–H groups in total.